The summed E-state index contributed by atoms with van der Waals surface area (Å²) in [6, 6.07) is 10.7. The van der Waals surface area contributed by atoms with Crippen LogP contribution in [0.15, 0.2) is 36.7 Å². The van der Waals surface area contributed by atoms with Crippen molar-refractivity contribution in [2.75, 3.05) is 36.0 Å². The largest absolute Gasteiger partial charge is 0.368 e. The quantitative estimate of drug-likeness (QED) is 0.852. The van der Waals surface area contributed by atoms with Gasteiger partial charge >= 0.3 is 0 Å². The van der Waals surface area contributed by atoms with Gasteiger partial charge in [-0.05, 0) is 37.8 Å². The third-order valence-electron chi connectivity index (χ3n) is 4.80. The number of aromatic nitrogens is 2. The van der Waals surface area contributed by atoms with E-state index >= 15 is 0 Å². The molecular weight excluding hydrogens is 272 g/mol. The summed E-state index contributed by atoms with van der Waals surface area (Å²) in [5.74, 6) is 1.19. The molecule has 114 valence electrons. The molecule has 0 N–H and O–H groups in total. The molecule has 1 aliphatic heterocycles. The Morgan fingerprint density at radius 2 is 1.50 bits per heavy atom. The molecule has 1 aliphatic carbocycles. The molecule has 0 bridgehead atoms. The third-order valence-corrected chi connectivity index (χ3v) is 4.80. The van der Waals surface area contributed by atoms with Crippen LogP contribution in [0.25, 0.3) is 0 Å². The lowest BCUT2D eigenvalue weighted by atomic mass is 9.96. The fourth-order valence-electron chi connectivity index (χ4n) is 3.59. The summed E-state index contributed by atoms with van der Waals surface area (Å²) in [7, 11) is 0. The van der Waals surface area contributed by atoms with Crippen LogP contribution < -0.4 is 9.80 Å². The molecule has 0 amide bonds. The van der Waals surface area contributed by atoms with E-state index in [1.807, 2.05) is 0 Å². The van der Waals surface area contributed by atoms with E-state index in [0.717, 1.165) is 39.0 Å². The molecule has 4 heteroatoms. The smallest absolute Gasteiger partial charge is 0.135 e. The van der Waals surface area contributed by atoms with Crippen LogP contribution in [0, 0.1) is 0 Å². The summed E-state index contributed by atoms with van der Waals surface area (Å²) in [5.41, 5.74) is 4.01. The number of fused-ring (bicyclic) bond motifs is 1. The second-order valence-electron chi connectivity index (χ2n) is 6.14. The molecule has 0 saturated carbocycles. The van der Waals surface area contributed by atoms with Crippen molar-refractivity contribution < 1.29 is 0 Å². The van der Waals surface area contributed by atoms with Gasteiger partial charge in [-0.1, -0.05) is 18.2 Å². The van der Waals surface area contributed by atoms with Crippen LogP contribution in [-0.4, -0.2) is 36.1 Å². The maximum atomic E-state index is 4.61. The zero-order chi connectivity index (χ0) is 14.8. The van der Waals surface area contributed by atoms with Crippen molar-refractivity contribution >= 4 is 11.5 Å². The number of benzene rings is 1. The zero-order valence-electron chi connectivity index (χ0n) is 12.9. The predicted molar refractivity (Wildman–Crippen MR) is 89.5 cm³/mol. The highest BCUT2D eigenvalue weighted by Gasteiger charge is 2.23. The highest BCUT2D eigenvalue weighted by molar-refractivity contribution is 5.53. The predicted octanol–water partition coefficient (Wildman–Crippen LogP) is 2.68. The summed E-state index contributed by atoms with van der Waals surface area (Å²) in [6.45, 7) is 4.20. The Kier molecular flexibility index (Phi) is 3.67. The minimum absolute atomic E-state index is 1.04. The van der Waals surface area contributed by atoms with E-state index in [4.69, 9.17) is 0 Å². The second-order valence-corrected chi connectivity index (χ2v) is 6.14. The molecule has 4 nitrogen and oxygen atoms in total. The number of anilines is 2. The number of rotatable bonds is 2. The molecule has 2 heterocycles. The van der Waals surface area contributed by atoms with Crippen LogP contribution >= 0.6 is 0 Å². The van der Waals surface area contributed by atoms with Gasteiger partial charge in [-0.15, -0.1) is 0 Å². The van der Waals surface area contributed by atoms with Crippen molar-refractivity contribution in [1.82, 2.24) is 9.97 Å². The Bertz CT molecular complexity index is 633. The van der Waals surface area contributed by atoms with Gasteiger partial charge in [0.15, 0.2) is 0 Å². The molecule has 0 unspecified atom stereocenters. The van der Waals surface area contributed by atoms with Crippen LogP contribution in [0.1, 0.15) is 24.1 Å². The van der Waals surface area contributed by atoms with Crippen LogP contribution in [-0.2, 0) is 12.8 Å². The molecule has 22 heavy (non-hydrogen) atoms. The number of hydrogen-bond donors (Lipinski definition) is 0. The molecule has 2 aliphatic rings. The lowest BCUT2D eigenvalue weighted by Crippen LogP contribution is -2.47. The Labute approximate surface area is 131 Å². The van der Waals surface area contributed by atoms with E-state index in [1.165, 1.54) is 35.6 Å². The Balaban J connectivity index is 1.50. The summed E-state index contributed by atoms with van der Waals surface area (Å²) in [5, 5.41) is 0. The monoisotopic (exact) mass is 294 g/mol. The molecule has 1 aromatic carbocycles. The lowest BCUT2D eigenvalue weighted by molar-refractivity contribution is 0.623. The summed E-state index contributed by atoms with van der Waals surface area (Å²) >= 11 is 0. The maximum absolute atomic E-state index is 4.61. The molecule has 0 spiro atoms. The first-order valence-electron chi connectivity index (χ1n) is 8.29. The van der Waals surface area contributed by atoms with E-state index in [2.05, 4.69) is 50.1 Å². The SMILES string of the molecule is c1ccc(N2CCN(c3ncnc4c3CCCC4)CC2)cc1. The number of piperazine rings is 1. The third kappa shape index (κ3) is 2.54. The van der Waals surface area contributed by atoms with Crippen molar-refractivity contribution in [1.29, 1.82) is 0 Å². The van der Waals surface area contributed by atoms with Gasteiger partial charge in [-0.2, -0.15) is 0 Å². The molecular formula is C18H22N4. The average molecular weight is 294 g/mol. The van der Waals surface area contributed by atoms with Gasteiger partial charge in [0.05, 0.1) is 0 Å². The lowest BCUT2D eigenvalue weighted by Gasteiger charge is -2.38. The highest BCUT2D eigenvalue weighted by Crippen LogP contribution is 2.28. The van der Waals surface area contributed by atoms with Crippen LogP contribution in [0.4, 0.5) is 11.5 Å². The average Bonchev–Trinajstić information content (AvgIpc) is 2.62. The van der Waals surface area contributed by atoms with Crippen LogP contribution in [0.3, 0.4) is 0 Å². The molecule has 0 atom stereocenters. The van der Waals surface area contributed by atoms with Gasteiger partial charge < -0.3 is 9.80 Å². The Morgan fingerprint density at radius 3 is 2.32 bits per heavy atom. The second kappa shape index (κ2) is 5.95. The Morgan fingerprint density at radius 1 is 0.773 bits per heavy atom. The van der Waals surface area contributed by atoms with Crippen LogP contribution in [0.5, 0.6) is 0 Å². The standard InChI is InChI=1S/C18H22N4/c1-2-6-15(7-3-1)21-10-12-22(13-11-21)18-16-8-4-5-9-17(16)19-14-20-18/h1-3,6-7,14H,4-5,8-13H2. The normalized spacial score (nSPS) is 18.2. The van der Waals surface area contributed by atoms with Gasteiger partial charge in [-0.3, -0.25) is 0 Å². The number of aryl methyl sites for hydroxylation is 1. The van der Waals surface area contributed by atoms with Crippen molar-refractivity contribution in [2.24, 2.45) is 0 Å². The molecule has 4 rings (SSSR count). The minimum atomic E-state index is 1.04. The van der Waals surface area contributed by atoms with Gasteiger partial charge in [-0.25, -0.2) is 9.97 Å². The highest BCUT2D eigenvalue weighted by atomic mass is 15.3. The van der Waals surface area contributed by atoms with Crippen molar-refractivity contribution in [3.63, 3.8) is 0 Å². The van der Waals surface area contributed by atoms with Gasteiger partial charge in [0.2, 0.25) is 0 Å². The molecule has 2 aromatic rings. The number of hydrogen-bond acceptors (Lipinski definition) is 4. The van der Waals surface area contributed by atoms with E-state index < -0.39 is 0 Å². The molecule has 1 fully saturated rings. The first-order valence-corrected chi connectivity index (χ1v) is 8.29. The minimum Gasteiger partial charge on any atom is -0.368 e. The first kappa shape index (κ1) is 13.6. The van der Waals surface area contributed by atoms with E-state index in [9.17, 15) is 0 Å². The number of para-hydroxylation sites is 1. The summed E-state index contributed by atoms with van der Waals surface area (Å²) < 4.78 is 0. The van der Waals surface area contributed by atoms with Crippen molar-refractivity contribution in [3.8, 4) is 0 Å². The summed E-state index contributed by atoms with van der Waals surface area (Å²) in [6.07, 6.45) is 6.56. The van der Waals surface area contributed by atoms with Gasteiger partial charge in [0, 0.05) is 43.1 Å². The summed E-state index contributed by atoms with van der Waals surface area (Å²) in [4.78, 5) is 14.0. The van der Waals surface area contributed by atoms with Crippen LogP contribution in [0.2, 0.25) is 0 Å². The maximum Gasteiger partial charge on any atom is 0.135 e. The topological polar surface area (TPSA) is 32.3 Å². The van der Waals surface area contributed by atoms with E-state index in [0.29, 0.717) is 0 Å². The van der Waals surface area contributed by atoms with E-state index in [1.54, 1.807) is 6.33 Å². The van der Waals surface area contributed by atoms with Crippen molar-refractivity contribution in [3.05, 3.63) is 47.9 Å². The molecule has 1 aromatic heterocycles. The zero-order valence-corrected chi connectivity index (χ0v) is 12.9. The fraction of sp³-hybridized carbons (Fsp3) is 0.444. The number of nitrogens with zero attached hydrogens (tertiary/aromatic N) is 4. The van der Waals surface area contributed by atoms with Gasteiger partial charge in [0.1, 0.15) is 12.1 Å². The van der Waals surface area contributed by atoms with Gasteiger partial charge in [0.25, 0.3) is 0 Å². The fourth-order valence-corrected chi connectivity index (χ4v) is 3.59. The first-order chi connectivity index (χ1) is 10.9. The molecule has 1 saturated heterocycles. The molecule has 0 radical (unpaired) electrons. The van der Waals surface area contributed by atoms with E-state index in [-0.39, 0.29) is 0 Å². The Hall–Kier alpha value is -2.10. The van der Waals surface area contributed by atoms with Crippen molar-refractivity contribution in [2.45, 2.75) is 25.7 Å².